The monoisotopic (exact) mass is 352 g/mol. The zero-order valence-corrected chi connectivity index (χ0v) is 15.2. The predicted molar refractivity (Wildman–Crippen MR) is 101 cm³/mol. The van der Waals surface area contributed by atoms with Gasteiger partial charge in [0, 0.05) is 12.8 Å². The first-order valence-corrected chi connectivity index (χ1v) is 8.93. The van der Waals surface area contributed by atoms with Gasteiger partial charge in [-0.25, -0.2) is 4.98 Å². The highest BCUT2D eigenvalue weighted by Crippen LogP contribution is 2.18. The van der Waals surface area contributed by atoms with Crippen molar-refractivity contribution in [2.24, 2.45) is 0 Å². The third kappa shape index (κ3) is 4.85. The van der Waals surface area contributed by atoms with Crippen molar-refractivity contribution in [3.05, 3.63) is 59.5 Å². The van der Waals surface area contributed by atoms with Crippen LogP contribution in [-0.2, 0) is 11.2 Å². The van der Waals surface area contributed by atoms with Crippen molar-refractivity contribution in [2.45, 2.75) is 33.1 Å². The first kappa shape index (κ1) is 18.0. The Morgan fingerprint density at radius 2 is 2.04 bits per heavy atom. The van der Waals surface area contributed by atoms with Gasteiger partial charge in [-0.15, -0.1) is 0 Å². The normalized spacial score (nSPS) is 10.8. The molecule has 3 rings (SSSR count). The summed E-state index contributed by atoms with van der Waals surface area (Å²) in [5, 5.41) is 2.88. The number of para-hydroxylation sites is 1. The van der Waals surface area contributed by atoms with Crippen LogP contribution in [0.2, 0.25) is 0 Å². The summed E-state index contributed by atoms with van der Waals surface area (Å²) < 4.78 is 11.4. The van der Waals surface area contributed by atoms with Crippen molar-refractivity contribution in [1.82, 2.24) is 10.3 Å². The zero-order valence-electron chi connectivity index (χ0n) is 15.2. The molecule has 3 aromatic rings. The first-order valence-electron chi connectivity index (χ1n) is 8.93. The number of rotatable bonds is 8. The van der Waals surface area contributed by atoms with Crippen LogP contribution in [-0.4, -0.2) is 24.0 Å². The fraction of sp³-hybridized carbons (Fsp3) is 0.333. The molecule has 1 N–H and O–H groups in total. The molecule has 0 bridgehead atoms. The number of aromatic nitrogens is 1. The molecule has 1 amide bonds. The molecule has 0 aliphatic carbocycles. The highest BCUT2D eigenvalue weighted by atomic mass is 16.5. The summed E-state index contributed by atoms with van der Waals surface area (Å²) in [5.74, 6) is 1.56. The van der Waals surface area contributed by atoms with Crippen LogP contribution in [0.15, 0.2) is 46.9 Å². The number of fused-ring (bicyclic) bond motifs is 1. The van der Waals surface area contributed by atoms with E-state index in [0.29, 0.717) is 38.3 Å². The van der Waals surface area contributed by atoms with Crippen LogP contribution >= 0.6 is 0 Å². The second-order valence-corrected chi connectivity index (χ2v) is 6.40. The lowest BCUT2D eigenvalue weighted by molar-refractivity contribution is -0.121. The van der Waals surface area contributed by atoms with Gasteiger partial charge in [0.05, 0.1) is 6.54 Å². The van der Waals surface area contributed by atoms with Gasteiger partial charge in [0.1, 0.15) is 17.9 Å². The summed E-state index contributed by atoms with van der Waals surface area (Å²) in [6, 6.07) is 13.8. The Labute approximate surface area is 153 Å². The Bertz CT molecular complexity index is 886. The fourth-order valence-corrected chi connectivity index (χ4v) is 2.75. The van der Waals surface area contributed by atoms with Crippen molar-refractivity contribution in [1.29, 1.82) is 0 Å². The molecule has 1 aromatic heterocycles. The number of benzene rings is 2. The van der Waals surface area contributed by atoms with Crippen molar-refractivity contribution >= 4 is 17.0 Å². The summed E-state index contributed by atoms with van der Waals surface area (Å²) in [7, 11) is 0. The largest absolute Gasteiger partial charge is 0.491 e. The molecule has 1 heterocycles. The lowest BCUT2D eigenvalue weighted by Crippen LogP contribution is -2.28. The average Bonchev–Trinajstić information content (AvgIpc) is 3.02. The van der Waals surface area contributed by atoms with E-state index in [9.17, 15) is 4.79 Å². The Kier molecular flexibility index (Phi) is 5.89. The van der Waals surface area contributed by atoms with Crippen molar-refractivity contribution in [3.63, 3.8) is 0 Å². The molecular weight excluding hydrogens is 328 g/mol. The maximum atomic E-state index is 11.9. The summed E-state index contributed by atoms with van der Waals surface area (Å²) in [6.07, 6.45) is 1.80. The summed E-state index contributed by atoms with van der Waals surface area (Å²) in [5.41, 5.74) is 3.92. The third-order valence-electron chi connectivity index (χ3n) is 4.16. The Morgan fingerprint density at radius 3 is 2.88 bits per heavy atom. The van der Waals surface area contributed by atoms with Crippen molar-refractivity contribution < 1.29 is 13.9 Å². The topological polar surface area (TPSA) is 64.4 Å². The smallest absolute Gasteiger partial charge is 0.220 e. The van der Waals surface area contributed by atoms with E-state index in [1.807, 2.05) is 56.3 Å². The van der Waals surface area contributed by atoms with Gasteiger partial charge in [-0.05, 0) is 49.6 Å². The number of amides is 1. The standard InChI is InChI=1S/C21H24N2O3/c1-15-10-11-19-17(14-15)23-21(26-19)9-5-8-20(24)22-12-13-25-18-7-4-3-6-16(18)2/h3-4,6-7,10-11,14H,5,8-9,12-13H2,1-2H3,(H,22,24). The maximum Gasteiger partial charge on any atom is 0.220 e. The maximum absolute atomic E-state index is 11.9. The fourth-order valence-electron chi connectivity index (χ4n) is 2.75. The molecule has 0 saturated carbocycles. The van der Waals surface area contributed by atoms with Gasteiger partial charge in [0.25, 0.3) is 0 Å². The minimum Gasteiger partial charge on any atom is -0.491 e. The molecule has 0 atom stereocenters. The van der Waals surface area contributed by atoms with E-state index in [1.54, 1.807) is 0 Å². The van der Waals surface area contributed by atoms with Crippen LogP contribution < -0.4 is 10.1 Å². The SMILES string of the molecule is Cc1ccc2oc(CCCC(=O)NCCOc3ccccc3C)nc2c1. The van der Waals surface area contributed by atoms with E-state index in [4.69, 9.17) is 9.15 Å². The molecule has 0 saturated heterocycles. The van der Waals surface area contributed by atoms with E-state index in [-0.39, 0.29) is 5.91 Å². The average molecular weight is 352 g/mol. The summed E-state index contributed by atoms with van der Waals surface area (Å²) in [6.45, 7) is 4.98. The molecule has 0 fully saturated rings. The zero-order chi connectivity index (χ0) is 18.4. The number of carbonyl (C=O) groups is 1. The van der Waals surface area contributed by atoms with E-state index < -0.39 is 0 Å². The van der Waals surface area contributed by atoms with Crippen LogP contribution in [0.1, 0.15) is 29.9 Å². The summed E-state index contributed by atoms with van der Waals surface area (Å²) in [4.78, 5) is 16.4. The molecule has 0 unspecified atom stereocenters. The number of nitrogens with zero attached hydrogens (tertiary/aromatic N) is 1. The lowest BCUT2D eigenvalue weighted by atomic mass is 10.2. The third-order valence-corrected chi connectivity index (χ3v) is 4.16. The van der Waals surface area contributed by atoms with Gasteiger partial charge in [-0.1, -0.05) is 24.3 Å². The number of hydrogen-bond donors (Lipinski definition) is 1. The van der Waals surface area contributed by atoms with E-state index in [1.165, 1.54) is 0 Å². The molecule has 2 aromatic carbocycles. The second-order valence-electron chi connectivity index (χ2n) is 6.40. The van der Waals surface area contributed by atoms with Crippen LogP contribution in [0, 0.1) is 13.8 Å². The highest BCUT2D eigenvalue weighted by molar-refractivity contribution is 5.76. The van der Waals surface area contributed by atoms with Crippen LogP contribution in [0.3, 0.4) is 0 Å². The molecule has 0 spiro atoms. The summed E-state index contributed by atoms with van der Waals surface area (Å²) >= 11 is 0. The Hall–Kier alpha value is -2.82. The number of hydrogen-bond acceptors (Lipinski definition) is 4. The molecule has 26 heavy (non-hydrogen) atoms. The van der Waals surface area contributed by atoms with Crippen LogP contribution in [0.25, 0.3) is 11.1 Å². The molecule has 5 heteroatoms. The van der Waals surface area contributed by atoms with Gasteiger partial charge in [0.2, 0.25) is 5.91 Å². The number of ether oxygens (including phenoxy) is 1. The minimum atomic E-state index is 0.0188. The van der Waals surface area contributed by atoms with Gasteiger partial charge < -0.3 is 14.5 Å². The van der Waals surface area contributed by atoms with E-state index >= 15 is 0 Å². The number of carbonyl (C=O) groups excluding carboxylic acids is 1. The second kappa shape index (κ2) is 8.52. The van der Waals surface area contributed by atoms with Gasteiger partial charge >= 0.3 is 0 Å². The van der Waals surface area contributed by atoms with E-state index in [0.717, 1.165) is 28.0 Å². The molecule has 0 radical (unpaired) electrons. The van der Waals surface area contributed by atoms with Crippen molar-refractivity contribution in [2.75, 3.05) is 13.2 Å². The highest BCUT2D eigenvalue weighted by Gasteiger charge is 2.07. The quantitative estimate of drug-likeness (QED) is 0.623. The van der Waals surface area contributed by atoms with Gasteiger partial charge in [-0.2, -0.15) is 0 Å². The van der Waals surface area contributed by atoms with Gasteiger partial charge in [0.15, 0.2) is 11.5 Å². The molecule has 5 nitrogen and oxygen atoms in total. The van der Waals surface area contributed by atoms with Crippen molar-refractivity contribution in [3.8, 4) is 5.75 Å². The van der Waals surface area contributed by atoms with E-state index in [2.05, 4.69) is 10.3 Å². The Morgan fingerprint density at radius 1 is 1.19 bits per heavy atom. The van der Waals surface area contributed by atoms with Crippen LogP contribution in [0.5, 0.6) is 5.75 Å². The molecule has 136 valence electrons. The molecule has 0 aliphatic heterocycles. The predicted octanol–water partition coefficient (Wildman–Crippen LogP) is 3.96. The lowest BCUT2D eigenvalue weighted by Gasteiger charge is -2.09. The number of oxazole rings is 1. The number of nitrogens with one attached hydrogen (secondary N) is 1. The minimum absolute atomic E-state index is 0.0188. The first-order chi connectivity index (χ1) is 12.6. The molecular formula is C21H24N2O3. The van der Waals surface area contributed by atoms with Crippen LogP contribution in [0.4, 0.5) is 0 Å². The number of aryl methyl sites for hydroxylation is 3. The molecule has 0 aliphatic rings. The van der Waals surface area contributed by atoms with Gasteiger partial charge in [-0.3, -0.25) is 4.79 Å². The Balaban J connectivity index is 1.35.